The molecule has 0 amide bonds. The lowest BCUT2D eigenvalue weighted by Crippen LogP contribution is -1.95. The molecule has 0 spiro atoms. The van der Waals surface area contributed by atoms with Gasteiger partial charge in [0.2, 0.25) is 0 Å². The summed E-state index contributed by atoms with van der Waals surface area (Å²) in [6, 6.07) is 40.8. The highest BCUT2D eigenvalue weighted by Gasteiger charge is 2.09. The predicted octanol–water partition coefficient (Wildman–Crippen LogP) is 11.6. The Kier molecular flexibility index (Phi) is 15.7. The second-order valence-corrected chi connectivity index (χ2v) is 11.4. The maximum Gasteiger partial charge on any atom is 0.160 e. The molecule has 0 saturated carbocycles. The summed E-state index contributed by atoms with van der Waals surface area (Å²) in [5.74, 6) is 4.33. The van der Waals surface area contributed by atoms with E-state index in [0.29, 0.717) is 11.8 Å². The first-order valence-electron chi connectivity index (χ1n) is 16.5. The number of para-hydroxylation sites is 2. The Balaban J connectivity index is 0.000000201. The predicted molar refractivity (Wildman–Crippen MR) is 202 cm³/mol. The number of benzene rings is 5. The van der Waals surface area contributed by atoms with Crippen LogP contribution in [0.2, 0.25) is 0 Å². The monoisotopic (exact) mass is 648 g/mol. The Morgan fingerprint density at radius 3 is 1.02 bits per heavy atom. The van der Waals surface area contributed by atoms with Gasteiger partial charge in [-0.1, -0.05) is 76.2 Å². The van der Waals surface area contributed by atoms with E-state index < -0.39 is 0 Å². The Bertz CT molecular complexity index is 1490. The van der Waals surface area contributed by atoms with Crippen LogP contribution in [0.5, 0.6) is 23.0 Å². The van der Waals surface area contributed by atoms with E-state index in [1.807, 2.05) is 60.7 Å². The summed E-state index contributed by atoms with van der Waals surface area (Å²) in [6.45, 7) is 8.78. The van der Waals surface area contributed by atoms with Crippen molar-refractivity contribution in [2.24, 2.45) is 0 Å². The van der Waals surface area contributed by atoms with Crippen LogP contribution < -0.4 is 29.6 Å². The first-order chi connectivity index (χ1) is 23.3. The van der Waals surface area contributed by atoms with Gasteiger partial charge in [0.05, 0.1) is 28.4 Å². The average molecular weight is 649 g/mol. The Morgan fingerprint density at radius 1 is 0.417 bits per heavy atom. The van der Waals surface area contributed by atoms with Crippen molar-refractivity contribution >= 4 is 22.7 Å². The van der Waals surface area contributed by atoms with Gasteiger partial charge in [0.1, 0.15) is 0 Å². The lowest BCUT2D eigenvalue weighted by Gasteiger charge is -2.13. The van der Waals surface area contributed by atoms with Gasteiger partial charge in [-0.25, -0.2) is 0 Å². The van der Waals surface area contributed by atoms with E-state index >= 15 is 0 Å². The van der Waals surface area contributed by atoms with Crippen LogP contribution in [0.25, 0.3) is 0 Å². The largest absolute Gasteiger partial charge is 0.493 e. The van der Waals surface area contributed by atoms with Crippen molar-refractivity contribution in [3.8, 4) is 23.0 Å². The molecule has 48 heavy (non-hydrogen) atoms. The Hall–Kier alpha value is -5.10. The molecule has 5 aromatic carbocycles. The summed E-state index contributed by atoms with van der Waals surface area (Å²) in [7, 11) is 6.64. The third kappa shape index (κ3) is 11.6. The van der Waals surface area contributed by atoms with Crippen LogP contribution in [-0.2, 0) is 0 Å². The van der Waals surface area contributed by atoms with Crippen LogP contribution >= 0.6 is 0 Å². The highest BCUT2D eigenvalue weighted by atomic mass is 16.5. The summed E-state index contributed by atoms with van der Waals surface area (Å²) < 4.78 is 20.9. The van der Waals surface area contributed by atoms with Gasteiger partial charge in [0, 0.05) is 22.7 Å². The summed E-state index contributed by atoms with van der Waals surface area (Å²) in [4.78, 5) is 0. The third-order valence-electron chi connectivity index (χ3n) is 8.19. The third-order valence-corrected chi connectivity index (χ3v) is 8.19. The van der Waals surface area contributed by atoms with E-state index in [2.05, 4.69) is 99.0 Å². The molecule has 0 heterocycles. The van der Waals surface area contributed by atoms with Crippen LogP contribution in [0.4, 0.5) is 22.7 Å². The minimum Gasteiger partial charge on any atom is -0.493 e. The average Bonchev–Trinajstić information content (AvgIpc) is 3.15. The van der Waals surface area contributed by atoms with Gasteiger partial charge in [-0.2, -0.15) is 0 Å². The molecule has 5 rings (SSSR count). The van der Waals surface area contributed by atoms with E-state index in [0.717, 1.165) is 58.6 Å². The van der Waals surface area contributed by atoms with E-state index in [9.17, 15) is 0 Å². The fourth-order valence-electron chi connectivity index (χ4n) is 4.80. The zero-order valence-electron chi connectivity index (χ0n) is 29.7. The smallest absolute Gasteiger partial charge is 0.160 e. The molecular weight excluding hydrogens is 596 g/mol. The van der Waals surface area contributed by atoms with Crippen LogP contribution in [0.3, 0.4) is 0 Å². The second kappa shape index (κ2) is 20.2. The SMILES string of the molecule is CCC(C)c1ccc(OC)c(OC)c1.CCC(C)c1ccc(OC)c(OC)c1.c1ccc(Nc2ccc(Nc3ccccc3)cc2)cc1. The number of hydrogen-bond acceptors (Lipinski definition) is 6. The maximum absolute atomic E-state index is 5.25. The summed E-state index contributed by atoms with van der Waals surface area (Å²) >= 11 is 0. The van der Waals surface area contributed by atoms with Gasteiger partial charge in [-0.3, -0.25) is 0 Å². The van der Waals surface area contributed by atoms with Crippen molar-refractivity contribution in [3.63, 3.8) is 0 Å². The van der Waals surface area contributed by atoms with E-state index in [4.69, 9.17) is 18.9 Å². The normalized spacial score (nSPS) is 11.3. The summed E-state index contributed by atoms with van der Waals surface area (Å²) in [5, 5.41) is 6.73. The molecular formula is C42H52N2O4. The van der Waals surface area contributed by atoms with Crippen molar-refractivity contribution in [2.75, 3.05) is 39.1 Å². The van der Waals surface area contributed by atoms with Gasteiger partial charge < -0.3 is 29.6 Å². The fraction of sp³-hybridized carbons (Fsp3) is 0.286. The van der Waals surface area contributed by atoms with Gasteiger partial charge >= 0.3 is 0 Å². The van der Waals surface area contributed by atoms with Crippen molar-refractivity contribution in [1.82, 2.24) is 0 Å². The first-order valence-corrected chi connectivity index (χ1v) is 16.5. The molecule has 2 atom stereocenters. The molecule has 2 unspecified atom stereocenters. The van der Waals surface area contributed by atoms with Gasteiger partial charge in [-0.15, -0.1) is 0 Å². The first kappa shape index (κ1) is 37.4. The molecule has 0 radical (unpaired) electrons. The lowest BCUT2D eigenvalue weighted by molar-refractivity contribution is 0.354. The maximum atomic E-state index is 5.25. The molecule has 254 valence electrons. The number of nitrogens with one attached hydrogen (secondary N) is 2. The lowest BCUT2D eigenvalue weighted by atomic mass is 9.98. The highest BCUT2D eigenvalue weighted by molar-refractivity contribution is 5.65. The van der Waals surface area contributed by atoms with Crippen molar-refractivity contribution < 1.29 is 18.9 Å². The molecule has 0 aliphatic carbocycles. The fourth-order valence-corrected chi connectivity index (χ4v) is 4.80. The molecule has 0 fully saturated rings. The topological polar surface area (TPSA) is 61.0 Å². The molecule has 5 aromatic rings. The van der Waals surface area contributed by atoms with Crippen molar-refractivity contribution in [2.45, 2.75) is 52.4 Å². The van der Waals surface area contributed by atoms with E-state index in [1.54, 1.807) is 28.4 Å². The zero-order valence-corrected chi connectivity index (χ0v) is 29.7. The van der Waals surface area contributed by atoms with Crippen LogP contribution in [0, 0.1) is 0 Å². The zero-order chi connectivity index (χ0) is 34.7. The highest BCUT2D eigenvalue weighted by Crippen LogP contribution is 2.32. The molecule has 2 N–H and O–H groups in total. The number of anilines is 4. The quantitative estimate of drug-likeness (QED) is 0.140. The standard InChI is InChI=1S/C18H16N2.2C12H18O2/c1-3-7-15(8-4-1)19-17-11-13-18(14-12-17)20-16-9-5-2-6-10-16;2*1-5-9(2)10-6-7-11(13-3)12(8-10)14-4/h1-14,19-20H;2*6-9H,5H2,1-4H3. The number of hydrogen-bond donors (Lipinski definition) is 2. The number of methoxy groups -OCH3 is 4. The Morgan fingerprint density at radius 2 is 0.729 bits per heavy atom. The van der Waals surface area contributed by atoms with Gasteiger partial charge in [0.15, 0.2) is 23.0 Å². The molecule has 0 bridgehead atoms. The minimum absolute atomic E-state index is 0.565. The molecule has 0 aromatic heterocycles. The minimum atomic E-state index is 0.565. The molecule has 0 aliphatic rings. The number of ether oxygens (including phenoxy) is 4. The van der Waals surface area contributed by atoms with Gasteiger partial charge in [0.25, 0.3) is 0 Å². The van der Waals surface area contributed by atoms with E-state index in [1.165, 1.54) is 11.1 Å². The molecule has 6 nitrogen and oxygen atoms in total. The Labute approximate surface area is 288 Å². The summed E-state index contributed by atoms with van der Waals surface area (Å²) in [5.41, 5.74) is 6.94. The van der Waals surface area contributed by atoms with Crippen LogP contribution in [-0.4, -0.2) is 28.4 Å². The van der Waals surface area contributed by atoms with Crippen LogP contribution in [0.1, 0.15) is 63.5 Å². The van der Waals surface area contributed by atoms with Crippen LogP contribution in [0.15, 0.2) is 121 Å². The number of rotatable bonds is 12. The molecule has 6 heteroatoms. The molecule has 0 aliphatic heterocycles. The second-order valence-electron chi connectivity index (χ2n) is 11.4. The molecule has 0 saturated heterocycles. The van der Waals surface area contributed by atoms with Crippen molar-refractivity contribution in [1.29, 1.82) is 0 Å². The van der Waals surface area contributed by atoms with Gasteiger partial charge in [-0.05, 0) is 109 Å². The van der Waals surface area contributed by atoms with Crippen molar-refractivity contribution in [3.05, 3.63) is 132 Å². The van der Waals surface area contributed by atoms with E-state index in [-0.39, 0.29) is 0 Å². The summed E-state index contributed by atoms with van der Waals surface area (Å²) in [6.07, 6.45) is 2.27.